The molecule has 6 nitrogen and oxygen atoms in total. The predicted molar refractivity (Wildman–Crippen MR) is 101 cm³/mol. The van der Waals surface area contributed by atoms with Gasteiger partial charge in [0.25, 0.3) is 0 Å². The molecule has 3 rings (SSSR count). The zero-order chi connectivity index (χ0) is 19.7. The number of aromatic nitrogens is 3. The van der Waals surface area contributed by atoms with Gasteiger partial charge in [-0.1, -0.05) is 17.7 Å². The molecule has 0 saturated carbocycles. The first kappa shape index (κ1) is 19.6. The molecule has 2 aromatic rings. The monoisotopic (exact) mass is 394 g/mol. The summed E-state index contributed by atoms with van der Waals surface area (Å²) in [4.78, 5) is 27.6. The van der Waals surface area contributed by atoms with Crippen LogP contribution in [-0.4, -0.2) is 37.7 Å². The highest BCUT2D eigenvalue weighted by molar-refractivity contribution is 6.31. The number of hydrogen-bond donors (Lipinski definition) is 0. The number of rotatable bonds is 5. The fourth-order valence-electron chi connectivity index (χ4n) is 3.63. The van der Waals surface area contributed by atoms with Crippen LogP contribution >= 0.6 is 11.6 Å². The van der Waals surface area contributed by atoms with Crippen LogP contribution in [0.5, 0.6) is 0 Å². The number of amides is 1. The van der Waals surface area contributed by atoms with Gasteiger partial charge in [-0.3, -0.25) is 9.36 Å². The first-order valence-corrected chi connectivity index (χ1v) is 9.63. The number of carbonyl (C=O) groups excluding carboxylic acids is 1. The van der Waals surface area contributed by atoms with E-state index in [4.69, 9.17) is 11.6 Å². The molecule has 1 aromatic heterocycles. The normalized spacial score (nSPS) is 16.4. The highest BCUT2D eigenvalue weighted by Gasteiger charge is 2.34. The Hall–Kier alpha value is -2.15. The molecular formula is C19H24ClFN4O2. The SMILES string of the molecule is CCN(C(=O)C1CCCn2c1nn(Cc1ccc(F)cc1Cl)c2=O)C(C)C. The summed E-state index contributed by atoms with van der Waals surface area (Å²) in [6.45, 7) is 7.20. The van der Waals surface area contributed by atoms with Gasteiger partial charge in [0.15, 0.2) is 0 Å². The molecule has 0 fully saturated rings. The Labute approximate surface area is 162 Å². The molecule has 0 radical (unpaired) electrons. The fraction of sp³-hybridized carbons (Fsp3) is 0.526. The van der Waals surface area contributed by atoms with Gasteiger partial charge in [0, 0.05) is 24.2 Å². The van der Waals surface area contributed by atoms with Crippen molar-refractivity contribution in [1.29, 1.82) is 0 Å². The Morgan fingerprint density at radius 2 is 2.19 bits per heavy atom. The lowest BCUT2D eigenvalue weighted by atomic mass is 9.96. The summed E-state index contributed by atoms with van der Waals surface area (Å²) >= 11 is 6.08. The van der Waals surface area contributed by atoms with Gasteiger partial charge in [-0.25, -0.2) is 13.9 Å². The topological polar surface area (TPSA) is 60.1 Å². The van der Waals surface area contributed by atoms with Crippen LogP contribution in [0.4, 0.5) is 4.39 Å². The van der Waals surface area contributed by atoms with Crippen LogP contribution in [0.15, 0.2) is 23.0 Å². The molecule has 0 saturated heterocycles. The van der Waals surface area contributed by atoms with Gasteiger partial charge in [0.05, 0.1) is 12.5 Å². The molecular weight excluding hydrogens is 371 g/mol. The quantitative estimate of drug-likeness (QED) is 0.783. The average Bonchev–Trinajstić information content (AvgIpc) is 2.93. The summed E-state index contributed by atoms with van der Waals surface area (Å²) in [6, 6.07) is 4.15. The Morgan fingerprint density at radius 3 is 2.81 bits per heavy atom. The molecule has 8 heteroatoms. The molecule has 1 atom stereocenters. The van der Waals surface area contributed by atoms with Gasteiger partial charge in [-0.15, -0.1) is 0 Å². The van der Waals surface area contributed by atoms with E-state index >= 15 is 0 Å². The van der Waals surface area contributed by atoms with Gasteiger partial charge in [0.1, 0.15) is 11.6 Å². The van der Waals surface area contributed by atoms with E-state index in [0.717, 1.165) is 6.42 Å². The largest absolute Gasteiger partial charge is 0.346 e. The van der Waals surface area contributed by atoms with Gasteiger partial charge in [0.2, 0.25) is 5.91 Å². The molecule has 1 unspecified atom stereocenters. The molecule has 0 bridgehead atoms. The molecule has 1 amide bonds. The van der Waals surface area contributed by atoms with Crippen LogP contribution in [0.3, 0.4) is 0 Å². The molecule has 2 heterocycles. The lowest BCUT2D eigenvalue weighted by Crippen LogP contribution is -2.42. The summed E-state index contributed by atoms with van der Waals surface area (Å²) in [5.41, 5.74) is 0.339. The number of hydrogen-bond acceptors (Lipinski definition) is 3. The van der Waals surface area contributed by atoms with Crippen LogP contribution in [0.1, 0.15) is 50.9 Å². The van der Waals surface area contributed by atoms with E-state index in [-0.39, 0.29) is 29.2 Å². The zero-order valence-electron chi connectivity index (χ0n) is 15.8. The minimum atomic E-state index is -0.431. The van der Waals surface area contributed by atoms with Crippen molar-refractivity contribution >= 4 is 17.5 Å². The van der Waals surface area contributed by atoms with E-state index in [1.54, 1.807) is 15.5 Å². The first-order chi connectivity index (χ1) is 12.8. The standard InChI is InChI=1S/C19H24ClFN4O2/c1-4-23(12(2)3)18(26)15-6-5-9-24-17(15)22-25(19(24)27)11-13-7-8-14(21)10-16(13)20/h7-8,10,12,15H,4-6,9,11H2,1-3H3. The molecule has 1 aromatic carbocycles. The highest BCUT2D eigenvalue weighted by atomic mass is 35.5. The van der Waals surface area contributed by atoms with E-state index in [1.807, 2.05) is 20.8 Å². The molecule has 0 N–H and O–H groups in total. The van der Waals surface area contributed by atoms with Crippen molar-refractivity contribution in [2.45, 2.75) is 58.7 Å². The minimum absolute atomic E-state index is 0.00501. The summed E-state index contributed by atoms with van der Waals surface area (Å²) in [7, 11) is 0. The second-order valence-corrected chi connectivity index (χ2v) is 7.51. The zero-order valence-corrected chi connectivity index (χ0v) is 16.5. The Balaban J connectivity index is 1.94. The average molecular weight is 395 g/mol. The third-order valence-corrected chi connectivity index (χ3v) is 5.37. The van der Waals surface area contributed by atoms with Gasteiger partial charge in [-0.05, 0) is 51.3 Å². The molecule has 146 valence electrons. The van der Waals surface area contributed by atoms with E-state index in [9.17, 15) is 14.0 Å². The summed E-state index contributed by atoms with van der Waals surface area (Å²) in [5.74, 6) is -0.336. The first-order valence-electron chi connectivity index (χ1n) is 9.25. The number of benzene rings is 1. The lowest BCUT2D eigenvalue weighted by molar-refractivity contribution is -0.135. The second-order valence-electron chi connectivity index (χ2n) is 7.10. The smallest absolute Gasteiger partial charge is 0.340 e. The minimum Gasteiger partial charge on any atom is -0.340 e. The lowest BCUT2D eigenvalue weighted by Gasteiger charge is -2.30. The second kappa shape index (κ2) is 7.84. The highest BCUT2D eigenvalue weighted by Crippen LogP contribution is 2.27. The predicted octanol–water partition coefficient (Wildman–Crippen LogP) is 3.02. The van der Waals surface area contributed by atoms with Crippen molar-refractivity contribution in [3.05, 3.63) is 50.9 Å². The number of likely N-dealkylation sites (N-methyl/N-ethyl adjacent to an activating group) is 1. The summed E-state index contributed by atoms with van der Waals surface area (Å²) in [6.07, 6.45) is 1.43. The molecule has 0 aliphatic carbocycles. The maximum Gasteiger partial charge on any atom is 0.346 e. The Morgan fingerprint density at radius 1 is 1.44 bits per heavy atom. The van der Waals surface area contributed by atoms with E-state index in [2.05, 4.69) is 5.10 Å². The van der Waals surface area contributed by atoms with Gasteiger partial charge < -0.3 is 4.90 Å². The summed E-state index contributed by atoms with van der Waals surface area (Å²) in [5, 5.41) is 4.70. The molecule has 1 aliphatic heterocycles. The van der Waals surface area contributed by atoms with Crippen molar-refractivity contribution < 1.29 is 9.18 Å². The van der Waals surface area contributed by atoms with Crippen LogP contribution in [0, 0.1) is 5.82 Å². The van der Waals surface area contributed by atoms with E-state index in [1.165, 1.54) is 16.8 Å². The van der Waals surface area contributed by atoms with Crippen molar-refractivity contribution in [3.8, 4) is 0 Å². The van der Waals surface area contributed by atoms with Crippen molar-refractivity contribution in [2.24, 2.45) is 0 Å². The van der Waals surface area contributed by atoms with Crippen molar-refractivity contribution in [3.63, 3.8) is 0 Å². The van der Waals surface area contributed by atoms with Crippen LogP contribution < -0.4 is 5.69 Å². The Kier molecular flexibility index (Phi) is 5.69. The maximum absolute atomic E-state index is 13.3. The fourth-order valence-corrected chi connectivity index (χ4v) is 3.86. The number of halogens is 2. The number of carbonyl (C=O) groups is 1. The van der Waals surface area contributed by atoms with Crippen LogP contribution in [0.2, 0.25) is 5.02 Å². The summed E-state index contributed by atoms with van der Waals surface area (Å²) < 4.78 is 16.1. The molecule has 0 spiro atoms. The third kappa shape index (κ3) is 3.78. The Bertz CT molecular complexity index is 906. The van der Waals surface area contributed by atoms with E-state index in [0.29, 0.717) is 30.9 Å². The van der Waals surface area contributed by atoms with Crippen molar-refractivity contribution in [2.75, 3.05) is 6.54 Å². The maximum atomic E-state index is 13.3. The van der Waals surface area contributed by atoms with Gasteiger partial charge >= 0.3 is 5.69 Å². The number of nitrogens with zero attached hydrogens (tertiary/aromatic N) is 4. The van der Waals surface area contributed by atoms with Crippen LogP contribution in [0.25, 0.3) is 0 Å². The third-order valence-electron chi connectivity index (χ3n) is 5.02. The van der Waals surface area contributed by atoms with Gasteiger partial charge in [-0.2, -0.15) is 5.10 Å². The van der Waals surface area contributed by atoms with Crippen molar-refractivity contribution in [1.82, 2.24) is 19.2 Å². The molecule has 27 heavy (non-hydrogen) atoms. The van der Waals surface area contributed by atoms with Crippen LogP contribution in [-0.2, 0) is 17.9 Å². The number of fused-ring (bicyclic) bond motifs is 1. The van der Waals surface area contributed by atoms with E-state index < -0.39 is 11.7 Å². The molecule has 1 aliphatic rings.